The molecule has 0 bridgehead atoms. The van der Waals surface area contributed by atoms with Gasteiger partial charge in [0.15, 0.2) is 12.6 Å². The highest BCUT2D eigenvalue weighted by molar-refractivity contribution is 5.77. The van der Waals surface area contributed by atoms with E-state index in [4.69, 9.17) is 28.4 Å². The van der Waals surface area contributed by atoms with E-state index < -0.39 is 155 Å². The Kier molecular flexibility index (Phi) is 63.2. The molecule has 18 atom stereocenters. The Labute approximate surface area is 688 Å². The summed E-state index contributed by atoms with van der Waals surface area (Å²) in [5, 5.41) is 137. The third kappa shape index (κ3) is 46.7. The molecular formula is C91H168N2O21. The number of carboxylic acid groups (broad SMARTS) is 1. The molecule has 0 saturated carbocycles. The predicted octanol–water partition coefficient (Wildman–Crippen LogP) is 15.2. The highest BCUT2D eigenvalue weighted by atomic mass is 16.8. The topological polar surface area (TPSA) is 373 Å². The lowest BCUT2D eigenvalue weighted by atomic mass is 9.88. The number of aliphatic hydroxyl groups excluding tert-OH is 11. The number of nitrogens with one attached hydrogen (secondary N) is 2. The SMILES string of the molecule is CCCCCCCCCCCCC/C=C\C/C=C\CCCCCCCCCCCCCCCCCCCC(=O)NC(COC1OC(CO)C(OC2OC(CO)C(O)C(OC3(C(=O)O)CC(O)C(NC(C)=O)C(C(O)C(O)CO)O3)C2O)C(O)C1O)C(O)/C=C/CCCCCCCCCCCCCCCCCCCCCCCCC. The average molecular weight is 1630 g/mol. The van der Waals surface area contributed by atoms with Gasteiger partial charge in [-0.3, -0.25) is 9.59 Å². The van der Waals surface area contributed by atoms with Crippen molar-refractivity contribution >= 4 is 17.8 Å². The molecule has 0 aromatic carbocycles. The first kappa shape index (κ1) is 105. The van der Waals surface area contributed by atoms with E-state index in [1.165, 1.54) is 289 Å². The molecule has 0 radical (unpaired) electrons. The summed E-state index contributed by atoms with van der Waals surface area (Å²) in [5.41, 5.74) is 0. The Morgan fingerprint density at radius 3 is 1.24 bits per heavy atom. The van der Waals surface area contributed by atoms with Crippen LogP contribution >= 0.6 is 0 Å². The number of unbranched alkanes of at least 4 members (excludes halogenated alkanes) is 51. The summed E-state index contributed by atoms with van der Waals surface area (Å²) in [4.78, 5) is 38.8. The van der Waals surface area contributed by atoms with Crippen molar-refractivity contribution in [3.05, 3.63) is 36.5 Å². The van der Waals surface area contributed by atoms with Crippen molar-refractivity contribution < 1.29 is 104 Å². The van der Waals surface area contributed by atoms with E-state index in [1.54, 1.807) is 6.08 Å². The minimum Gasteiger partial charge on any atom is -0.477 e. The number of carbonyl (C=O) groups excluding carboxylic acids is 2. The molecule has 0 aromatic heterocycles. The van der Waals surface area contributed by atoms with E-state index in [-0.39, 0.29) is 12.3 Å². The number of hydrogen-bond acceptors (Lipinski definition) is 20. The summed E-state index contributed by atoms with van der Waals surface area (Å²) in [5.74, 6) is -6.13. The maximum atomic E-state index is 13.6. The second-order valence-corrected chi connectivity index (χ2v) is 33.5. The zero-order valence-electron chi connectivity index (χ0n) is 71.5. The molecule has 3 fully saturated rings. The van der Waals surface area contributed by atoms with Crippen LogP contribution < -0.4 is 10.6 Å². The van der Waals surface area contributed by atoms with Gasteiger partial charge in [0, 0.05) is 19.8 Å². The first-order valence-corrected chi connectivity index (χ1v) is 46.4. The molecule has 0 aromatic rings. The van der Waals surface area contributed by atoms with Crippen molar-refractivity contribution in [2.75, 3.05) is 26.4 Å². The van der Waals surface area contributed by atoms with Crippen LogP contribution in [-0.2, 0) is 42.8 Å². The van der Waals surface area contributed by atoms with Crippen molar-refractivity contribution in [2.45, 2.75) is 497 Å². The summed E-state index contributed by atoms with van der Waals surface area (Å²) >= 11 is 0. The number of aliphatic carboxylic acids is 1. The zero-order valence-corrected chi connectivity index (χ0v) is 71.5. The summed E-state index contributed by atoms with van der Waals surface area (Å²) < 4.78 is 35.0. The van der Waals surface area contributed by atoms with Gasteiger partial charge < -0.3 is 100 Å². The van der Waals surface area contributed by atoms with Crippen LogP contribution in [0.3, 0.4) is 0 Å². The van der Waals surface area contributed by atoms with Gasteiger partial charge in [-0.1, -0.05) is 352 Å². The minimum absolute atomic E-state index is 0.202. The third-order valence-electron chi connectivity index (χ3n) is 23.3. The van der Waals surface area contributed by atoms with Crippen LogP contribution in [0.2, 0.25) is 0 Å². The molecule has 23 heteroatoms. The van der Waals surface area contributed by atoms with Gasteiger partial charge in [0.25, 0.3) is 5.79 Å². The largest absolute Gasteiger partial charge is 0.477 e. The Balaban J connectivity index is 1.44. The number of carboxylic acids is 1. The third-order valence-corrected chi connectivity index (χ3v) is 23.3. The number of aliphatic hydroxyl groups is 11. The lowest BCUT2D eigenvalue weighted by molar-refractivity contribution is -0.386. The van der Waals surface area contributed by atoms with Crippen LogP contribution in [0, 0.1) is 0 Å². The standard InChI is InChI=1S/C91H168N2O21/c1-4-6-8-10-12-14-16-18-20-22-24-26-28-30-31-32-33-34-35-36-37-38-39-41-43-45-47-49-51-53-55-57-59-61-63-65-78(101)93-72(73(98)64-62-60-58-56-54-52-50-48-46-44-42-40-29-27-25-23-21-19-17-15-13-11-9-7-5-2)70-109-88-83(105)82(104)85(77(69-96)111-88)112-89-84(106)87(81(103)76(68-95)110-89)114-91(90(107)108)66-74(99)79(92-71(3)97)86(113-91)80(102)75(100)67-94/h28,30,32-33,62,64,72-77,79-89,94-96,98-100,102-106H,4-27,29,31,34-61,63,65-70H2,1-3H3,(H,92,97)(H,93,101)(H,107,108)/b30-28-,33-32-,64-62+. The maximum Gasteiger partial charge on any atom is 0.364 e. The number of carbonyl (C=O) groups is 3. The van der Waals surface area contributed by atoms with Crippen molar-refractivity contribution in [3.8, 4) is 0 Å². The lowest BCUT2D eigenvalue weighted by Gasteiger charge is -2.50. The van der Waals surface area contributed by atoms with Gasteiger partial charge in [-0.2, -0.15) is 0 Å². The molecule has 3 aliphatic rings. The normalized spacial score (nSPS) is 25.3. The molecule has 0 aliphatic carbocycles. The number of hydrogen-bond donors (Lipinski definition) is 14. The number of allylic oxidation sites excluding steroid dienone is 5. The van der Waals surface area contributed by atoms with Gasteiger partial charge in [-0.05, 0) is 51.4 Å². The summed E-state index contributed by atoms with van der Waals surface area (Å²) in [6, 6.07) is -2.62. The second-order valence-electron chi connectivity index (χ2n) is 33.5. The van der Waals surface area contributed by atoms with Gasteiger partial charge in [-0.25, -0.2) is 4.79 Å². The molecule has 3 saturated heterocycles. The quantitative estimate of drug-likeness (QED) is 0.0199. The van der Waals surface area contributed by atoms with Crippen LogP contribution in [0.1, 0.15) is 387 Å². The molecular weight excluding hydrogens is 1460 g/mol. The van der Waals surface area contributed by atoms with Gasteiger partial charge in [-0.15, -0.1) is 0 Å². The molecule has 0 spiro atoms. The summed E-state index contributed by atoms with van der Waals surface area (Å²) in [6.07, 6.45) is 53.4. The van der Waals surface area contributed by atoms with E-state index in [0.29, 0.717) is 12.8 Å². The van der Waals surface area contributed by atoms with Crippen molar-refractivity contribution in [1.29, 1.82) is 0 Å². The van der Waals surface area contributed by atoms with E-state index in [1.807, 2.05) is 6.08 Å². The van der Waals surface area contributed by atoms with E-state index in [9.17, 15) is 75.7 Å². The fraction of sp³-hybridized carbons (Fsp3) is 0.901. The zero-order chi connectivity index (χ0) is 83.1. The molecule has 3 rings (SSSR count). The van der Waals surface area contributed by atoms with Crippen LogP contribution in [0.25, 0.3) is 0 Å². The van der Waals surface area contributed by atoms with Gasteiger partial charge in [0.2, 0.25) is 11.8 Å². The van der Waals surface area contributed by atoms with Crippen LogP contribution in [0.15, 0.2) is 36.5 Å². The van der Waals surface area contributed by atoms with Gasteiger partial charge in [0.1, 0.15) is 67.1 Å². The molecule has 114 heavy (non-hydrogen) atoms. The smallest absolute Gasteiger partial charge is 0.364 e. The Morgan fingerprint density at radius 2 is 0.851 bits per heavy atom. The molecule has 3 heterocycles. The fourth-order valence-corrected chi connectivity index (χ4v) is 16.0. The highest BCUT2D eigenvalue weighted by Crippen LogP contribution is 2.39. The Morgan fingerprint density at radius 1 is 0.465 bits per heavy atom. The van der Waals surface area contributed by atoms with Gasteiger partial charge >= 0.3 is 5.97 Å². The predicted molar refractivity (Wildman–Crippen MR) is 449 cm³/mol. The number of ether oxygens (including phenoxy) is 6. The number of rotatable bonds is 75. The van der Waals surface area contributed by atoms with Crippen molar-refractivity contribution in [3.63, 3.8) is 0 Å². The second kappa shape index (κ2) is 68.6. The first-order valence-electron chi connectivity index (χ1n) is 46.4. The minimum atomic E-state index is -3.09. The molecule has 668 valence electrons. The summed E-state index contributed by atoms with van der Waals surface area (Å²) in [7, 11) is 0. The van der Waals surface area contributed by atoms with E-state index >= 15 is 0 Å². The van der Waals surface area contributed by atoms with Crippen molar-refractivity contribution in [2.24, 2.45) is 0 Å². The highest BCUT2D eigenvalue weighted by Gasteiger charge is 2.60. The molecule has 23 nitrogen and oxygen atoms in total. The molecule has 3 aliphatic heterocycles. The number of amides is 2. The maximum absolute atomic E-state index is 13.6. The van der Waals surface area contributed by atoms with Crippen LogP contribution in [0.4, 0.5) is 0 Å². The first-order chi connectivity index (χ1) is 55.4. The van der Waals surface area contributed by atoms with Gasteiger partial charge in [0.05, 0.1) is 50.7 Å². The van der Waals surface area contributed by atoms with E-state index in [2.05, 4.69) is 48.8 Å². The van der Waals surface area contributed by atoms with Crippen molar-refractivity contribution in [1.82, 2.24) is 10.6 Å². The van der Waals surface area contributed by atoms with E-state index in [0.717, 1.165) is 58.3 Å². The van der Waals surface area contributed by atoms with Crippen LogP contribution in [-0.4, -0.2) is 215 Å². The molecule has 14 N–H and O–H groups in total. The average Bonchev–Trinajstić information content (AvgIpc) is 0.753. The monoisotopic (exact) mass is 1630 g/mol. The molecule has 18 unspecified atom stereocenters. The molecule has 2 amide bonds. The fourth-order valence-electron chi connectivity index (χ4n) is 16.0. The Hall–Kier alpha value is -3.05. The summed E-state index contributed by atoms with van der Waals surface area (Å²) in [6.45, 7) is 2.21. The Bertz CT molecular complexity index is 2390. The van der Waals surface area contributed by atoms with Crippen LogP contribution in [0.5, 0.6) is 0 Å². The lowest BCUT2D eigenvalue weighted by Crippen LogP contribution is -2.70.